The number of H-pyrrole nitrogens is 1. The molecule has 0 radical (unpaired) electrons. The molecular formula is C11H15N7O. The van der Waals surface area contributed by atoms with Gasteiger partial charge in [0.2, 0.25) is 0 Å². The van der Waals surface area contributed by atoms with E-state index >= 15 is 0 Å². The molecule has 0 aliphatic carbocycles. The summed E-state index contributed by atoms with van der Waals surface area (Å²) in [5, 5.41) is 13.8. The third-order valence-electron chi connectivity index (χ3n) is 3.55. The van der Waals surface area contributed by atoms with Gasteiger partial charge < -0.3 is 10.6 Å². The molecule has 8 heteroatoms. The number of hydrogen-bond acceptors (Lipinski definition) is 5. The average Bonchev–Trinajstić information content (AvgIpc) is 2.80. The molecular weight excluding hydrogens is 246 g/mol. The highest BCUT2D eigenvalue weighted by molar-refractivity contribution is 5.79. The molecule has 0 atom stereocenters. The summed E-state index contributed by atoms with van der Waals surface area (Å²) >= 11 is 0. The number of rotatable bonds is 2. The van der Waals surface area contributed by atoms with E-state index in [4.69, 9.17) is 11.1 Å². The van der Waals surface area contributed by atoms with Gasteiger partial charge in [-0.3, -0.25) is 5.41 Å². The summed E-state index contributed by atoms with van der Waals surface area (Å²) in [4.78, 5) is 17.7. The topological polar surface area (TPSA) is 116 Å². The van der Waals surface area contributed by atoms with Crippen molar-refractivity contribution in [3.05, 3.63) is 22.9 Å². The molecule has 1 saturated heterocycles. The second-order valence-corrected chi connectivity index (χ2v) is 4.72. The second-order valence-electron chi connectivity index (χ2n) is 4.72. The van der Waals surface area contributed by atoms with E-state index in [0.29, 0.717) is 5.65 Å². The minimum absolute atomic E-state index is 0.174. The van der Waals surface area contributed by atoms with Gasteiger partial charge in [0, 0.05) is 25.1 Å². The third kappa shape index (κ3) is 2.05. The Morgan fingerprint density at radius 1 is 1.47 bits per heavy atom. The quantitative estimate of drug-likeness (QED) is 0.501. The fourth-order valence-electron chi connectivity index (χ4n) is 2.39. The zero-order valence-electron chi connectivity index (χ0n) is 10.3. The highest BCUT2D eigenvalue weighted by Crippen LogP contribution is 2.21. The molecule has 1 aliphatic heterocycles. The molecule has 0 saturated carbocycles. The van der Waals surface area contributed by atoms with Gasteiger partial charge in [0.25, 0.3) is 0 Å². The van der Waals surface area contributed by atoms with Crippen LogP contribution in [0.5, 0.6) is 0 Å². The van der Waals surface area contributed by atoms with Gasteiger partial charge in [-0.2, -0.15) is 5.10 Å². The number of aromatic nitrogens is 4. The number of nitrogens with two attached hydrogens (primary N) is 1. The van der Waals surface area contributed by atoms with Crippen LogP contribution in [0.3, 0.4) is 0 Å². The average molecular weight is 261 g/mol. The van der Waals surface area contributed by atoms with Gasteiger partial charge in [0.05, 0.1) is 5.84 Å². The van der Waals surface area contributed by atoms with E-state index in [2.05, 4.69) is 20.1 Å². The summed E-state index contributed by atoms with van der Waals surface area (Å²) in [5.74, 6) is 1.24. The van der Waals surface area contributed by atoms with Crippen molar-refractivity contribution in [2.75, 3.05) is 18.0 Å². The van der Waals surface area contributed by atoms with E-state index in [9.17, 15) is 4.79 Å². The van der Waals surface area contributed by atoms with Crippen LogP contribution < -0.4 is 16.3 Å². The van der Waals surface area contributed by atoms with Gasteiger partial charge in [-0.15, -0.1) is 0 Å². The van der Waals surface area contributed by atoms with Gasteiger partial charge in [-0.1, -0.05) is 0 Å². The van der Waals surface area contributed by atoms with Crippen LogP contribution in [0.1, 0.15) is 12.8 Å². The minimum atomic E-state index is -0.288. The predicted octanol–water partition coefficient (Wildman–Crippen LogP) is -0.430. The number of hydrogen-bond donors (Lipinski definition) is 3. The molecule has 2 aromatic rings. The maximum absolute atomic E-state index is 11.3. The molecule has 1 fully saturated rings. The molecule has 2 aromatic heterocycles. The lowest BCUT2D eigenvalue weighted by Crippen LogP contribution is -2.38. The molecule has 4 N–H and O–H groups in total. The first kappa shape index (κ1) is 11.7. The maximum atomic E-state index is 11.3. The van der Waals surface area contributed by atoms with Gasteiger partial charge in [0.15, 0.2) is 5.65 Å². The minimum Gasteiger partial charge on any atom is -0.387 e. The second kappa shape index (κ2) is 4.38. The SMILES string of the molecule is N=C(N)C1CCN(c2cc3n[nH]c(=O)n3cn2)CC1. The lowest BCUT2D eigenvalue weighted by atomic mass is 9.96. The highest BCUT2D eigenvalue weighted by atomic mass is 16.1. The van der Waals surface area contributed by atoms with Crippen molar-refractivity contribution in [1.29, 1.82) is 5.41 Å². The van der Waals surface area contributed by atoms with Crippen molar-refractivity contribution in [3.63, 3.8) is 0 Å². The molecule has 0 unspecified atom stereocenters. The molecule has 3 heterocycles. The van der Waals surface area contributed by atoms with Crippen LogP contribution >= 0.6 is 0 Å². The molecule has 0 aromatic carbocycles. The van der Waals surface area contributed by atoms with Crippen LogP contribution in [0.15, 0.2) is 17.2 Å². The van der Waals surface area contributed by atoms with Crippen LogP contribution in [-0.4, -0.2) is 38.5 Å². The zero-order chi connectivity index (χ0) is 13.4. The summed E-state index contributed by atoms with van der Waals surface area (Å²) in [6.07, 6.45) is 3.19. The summed E-state index contributed by atoms with van der Waals surface area (Å²) in [7, 11) is 0. The summed E-state index contributed by atoms with van der Waals surface area (Å²) < 4.78 is 1.37. The Kier molecular flexibility index (Phi) is 2.69. The Morgan fingerprint density at radius 3 is 2.89 bits per heavy atom. The number of amidine groups is 1. The normalized spacial score (nSPS) is 16.9. The standard InChI is InChI=1S/C11H15N7O/c12-10(13)7-1-3-17(4-2-7)8-5-9-15-16-11(19)18(9)6-14-8/h5-7H,1-4H2,(H3,12,13)(H,16,19). The number of anilines is 1. The van der Waals surface area contributed by atoms with Crippen LogP contribution in [0.4, 0.5) is 5.82 Å². The largest absolute Gasteiger partial charge is 0.387 e. The van der Waals surface area contributed by atoms with Crippen LogP contribution in [0.25, 0.3) is 5.65 Å². The van der Waals surface area contributed by atoms with Crippen LogP contribution in [0.2, 0.25) is 0 Å². The fraction of sp³-hybridized carbons (Fsp3) is 0.455. The first-order chi connectivity index (χ1) is 9.15. The van der Waals surface area contributed by atoms with Gasteiger partial charge in [-0.25, -0.2) is 19.3 Å². The molecule has 0 bridgehead atoms. The molecule has 0 amide bonds. The fourth-order valence-corrected chi connectivity index (χ4v) is 2.39. The molecule has 100 valence electrons. The van der Waals surface area contributed by atoms with Crippen molar-refractivity contribution >= 4 is 17.3 Å². The molecule has 8 nitrogen and oxygen atoms in total. The van der Waals surface area contributed by atoms with Crippen molar-refractivity contribution in [2.45, 2.75) is 12.8 Å². The van der Waals surface area contributed by atoms with E-state index in [1.54, 1.807) is 6.07 Å². The predicted molar refractivity (Wildman–Crippen MR) is 70.5 cm³/mol. The summed E-state index contributed by atoms with van der Waals surface area (Å²) in [6.45, 7) is 1.62. The molecule has 0 spiro atoms. The van der Waals surface area contributed by atoms with Crippen molar-refractivity contribution in [2.24, 2.45) is 11.7 Å². The highest BCUT2D eigenvalue weighted by Gasteiger charge is 2.22. The third-order valence-corrected chi connectivity index (χ3v) is 3.55. The number of fused-ring (bicyclic) bond motifs is 1. The monoisotopic (exact) mass is 261 g/mol. The Balaban J connectivity index is 1.82. The van der Waals surface area contributed by atoms with Crippen molar-refractivity contribution in [3.8, 4) is 0 Å². The number of nitrogens with one attached hydrogen (secondary N) is 2. The lowest BCUT2D eigenvalue weighted by molar-refractivity contribution is 0.495. The van der Waals surface area contributed by atoms with E-state index in [1.165, 1.54) is 10.7 Å². The number of piperidine rings is 1. The van der Waals surface area contributed by atoms with Gasteiger partial charge >= 0.3 is 5.69 Å². The summed E-state index contributed by atoms with van der Waals surface area (Å²) in [6, 6.07) is 1.78. The van der Waals surface area contributed by atoms with Crippen molar-refractivity contribution in [1.82, 2.24) is 19.6 Å². The Bertz CT molecular complexity index is 665. The number of aromatic amines is 1. The maximum Gasteiger partial charge on any atom is 0.348 e. The van der Waals surface area contributed by atoms with Crippen LogP contribution in [0, 0.1) is 11.3 Å². The molecule has 19 heavy (non-hydrogen) atoms. The van der Waals surface area contributed by atoms with E-state index in [1.807, 2.05) is 0 Å². The lowest BCUT2D eigenvalue weighted by Gasteiger charge is -2.32. The van der Waals surface area contributed by atoms with Crippen molar-refractivity contribution < 1.29 is 0 Å². The van der Waals surface area contributed by atoms with E-state index < -0.39 is 0 Å². The van der Waals surface area contributed by atoms with Crippen LogP contribution in [-0.2, 0) is 0 Å². The van der Waals surface area contributed by atoms with E-state index in [0.717, 1.165) is 31.7 Å². The molecule has 3 rings (SSSR count). The first-order valence-electron chi connectivity index (χ1n) is 6.17. The summed E-state index contributed by atoms with van der Waals surface area (Å²) in [5.41, 5.74) is 5.80. The zero-order valence-corrected chi connectivity index (χ0v) is 10.3. The first-order valence-corrected chi connectivity index (χ1v) is 6.17. The van der Waals surface area contributed by atoms with Gasteiger partial charge in [-0.05, 0) is 12.8 Å². The van der Waals surface area contributed by atoms with E-state index in [-0.39, 0.29) is 17.4 Å². The Morgan fingerprint density at radius 2 is 2.21 bits per heavy atom. The smallest absolute Gasteiger partial charge is 0.348 e. The molecule has 1 aliphatic rings. The Hall–Kier alpha value is -2.38. The number of nitrogens with zero attached hydrogens (tertiary/aromatic N) is 4. The van der Waals surface area contributed by atoms with Gasteiger partial charge in [0.1, 0.15) is 12.1 Å². The Labute approximate surface area is 108 Å².